The fourth-order valence-electron chi connectivity index (χ4n) is 2.98. The third-order valence-electron chi connectivity index (χ3n) is 4.18. The van der Waals surface area contributed by atoms with Crippen LogP contribution in [0, 0.1) is 0 Å². The van der Waals surface area contributed by atoms with Crippen molar-refractivity contribution in [2.24, 2.45) is 0 Å². The zero-order valence-corrected chi connectivity index (χ0v) is 16.0. The number of carbonyl (C=O) groups is 2. The van der Waals surface area contributed by atoms with E-state index in [2.05, 4.69) is 10.3 Å². The van der Waals surface area contributed by atoms with Crippen LogP contribution in [-0.2, 0) is 14.3 Å². The van der Waals surface area contributed by atoms with E-state index in [-0.39, 0.29) is 12.1 Å². The third-order valence-corrected chi connectivity index (χ3v) is 5.68. The normalized spacial score (nSPS) is 17.3. The number of ether oxygens (including phenoxy) is 1. The lowest BCUT2D eigenvalue weighted by molar-refractivity contribution is -0.156. The molecule has 27 heavy (non-hydrogen) atoms. The molecule has 2 aromatic rings. The summed E-state index contributed by atoms with van der Waals surface area (Å²) in [6, 6.07) is 15.3. The van der Waals surface area contributed by atoms with Gasteiger partial charge in [-0.25, -0.2) is 9.80 Å². The largest absolute Gasteiger partial charge is 0.459 e. The molecule has 8 heteroatoms. The van der Waals surface area contributed by atoms with Gasteiger partial charge in [0.2, 0.25) is 0 Å². The highest BCUT2D eigenvalue weighted by Gasteiger charge is 2.41. The van der Waals surface area contributed by atoms with E-state index >= 15 is 0 Å². The maximum Gasteiger partial charge on any atom is 0.398 e. The zero-order chi connectivity index (χ0) is 19.0. The van der Waals surface area contributed by atoms with Gasteiger partial charge >= 0.3 is 11.9 Å². The van der Waals surface area contributed by atoms with Crippen molar-refractivity contribution < 1.29 is 14.3 Å². The molecule has 0 saturated carbocycles. The molecule has 2 aliphatic heterocycles. The first-order valence-electron chi connectivity index (χ1n) is 8.37. The number of carbonyl (C=O) groups excluding carboxylic acids is 2. The van der Waals surface area contributed by atoms with Gasteiger partial charge in [-0.15, -0.1) is 0 Å². The molecule has 1 unspecified atom stereocenters. The van der Waals surface area contributed by atoms with E-state index in [1.807, 2.05) is 42.6 Å². The van der Waals surface area contributed by atoms with Crippen LogP contribution in [0.15, 0.2) is 59.6 Å². The molecule has 138 valence electrons. The molecule has 6 nitrogen and oxygen atoms in total. The number of anilines is 1. The van der Waals surface area contributed by atoms with E-state index < -0.39 is 11.9 Å². The number of thioether (sulfide) groups is 1. The number of fused-ring (bicyclic) bond motifs is 3. The van der Waals surface area contributed by atoms with Gasteiger partial charge in [0.1, 0.15) is 0 Å². The molecule has 1 N–H and O–H groups in total. The van der Waals surface area contributed by atoms with Gasteiger partial charge in [0.25, 0.3) is 0 Å². The number of hydrazine groups is 1. The van der Waals surface area contributed by atoms with E-state index in [1.165, 1.54) is 0 Å². The van der Waals surface area contributed by atoms with Crippen molar-refractivity contribution in [1.82, 2.24) is 10.4 Å². The van der Waals surface area contributed by atoms with Crippen LogP contribution in [0.2, 0.25) is 5.02 Å². The molecule has 2 aromatic carbocycles. The minimum absolute atomic E-state index is 0.141. The van der Waals surface area contributed by atoms with Gasteiger partial charge < -0.3 is 9.64 Å². The Labute approximate surface area is 165 Å². The molecule has 0 aromatic heterocycles. The predicted molar refractivity (Wildman–Crippen MR) is 105 cm³/mol. The summed E-state index contributed by atoms with van der Waals surface area (Å²) in [7, 11) is 0. The fraction of sp³-hybridized carbons (Fsp3) is 0.158. The van der Waals surface area contributed by atoms with Crippen LogP contribution in [0.3, 0.4) is 0 Å². The number of nitrogens with one attached hydrogen (secondary N) is 1. The van der Waals surface area contributed by atoms with Gasteiger partial charge in [0, 0.05) is 21.7 Å². The van der Waals surface area contributed by atoms with Crippen molar-refractivity contribution in [3.63, 3.8) is 0 Å². The minimum atomic E-state index is -0.910. The van der Waals surface area contributed by atoms with Crippen molar-refractivity contribution >= 4 is 46.6 Å². The average molecular weight is 402 g/mol. The van der Waals surface area contributed by atoms with Crippen LogP contribution >= 0.6 is 23.4 Å². The Bertz CT molecular complexity index is 932. The van der Waals surface area contributed by atoms with Gasteiger partial charge in [0.05, 0.1) is 18.0 Å². The first-order chi connectivity index (χ1) is 13.1. The molecular formula is C19H16ClN3O3S. The first kappa shape index (κ1) is 17.8. The summed E-state index contributed by atoms with van der Waals surface area (Å²) < 4.78 is 4.81. The second-order valence-electron chi connectivity index (χ2n) is 5.87. The topological polar surface area (TPSA) is 61.9 Å². The van der Waals surface area contributed by atoms with Crippen LogP contribution in [0.5, 0.6) is 0 Å². The van der Waals surface area contributed by atoms with E-state index in [1.54, 1.807) is 35.8 Å². The smallest absolute Gasteiger partial charge is 0.398 e. The summed E-state index contributed by atoms with van der Waals surface area (Å²) >= 11 is 7.59. The molecule has 0 radical (unpaired) electrons. The predicted octanol–water partition coefficient (Wildman–Crippen LogP) is 3.44. The summed E-state index contributed by atoms with van der Waals surface area (Å²) in [5.74, 6) is -1.72. The minimum Gasteiger partial charge on any atom is -0.459 e. The molecule has 0 bridgehead atoms. The summed E-state index contributed by atoms with van der Waals surface area (Å²) in [6.45, 7) is 1.80. The quantitative estimate of drug-likeness (QED) is 0.628. The lowest BCUT2D eigenvalue weighted by atomic mass is 10.2. The molecule has 2 aliphatic rings. The van der Waals surface area contributed by atoms with Gasteiger partial charge in [-0.2, -0.15) is 0 Å². The number of amides is 1. The van der Waals surface area contributed by atoms with Crippen LogP contribution in [0.1, 0.15) is 12.5 Å². The molecule has 4 rings (SSSR count). The lowest BCUT2D eigenvalue weighted by Gasteiger charge is -2.28. The Morgan fingerprint density at radius 3 is 2.67 bits per heavy atom. The second-order valence-corrected chi connectivity index (χ2v) is 7.41. The Balaban J connectivity index is 1.69. The number of hydrogen-bond acceptors (Lipinski definition) is 6. The van der Waals surface area contributed by atoms with Crippen molar-refractivity contribution in [3.8, 4) is 0 Å². The van der Waals surface area contributed by atoms with Crippen molar-refractivity contribution in [1.29, 1.82) is 0 Å². The Morgan fingerprint density at radius 2 is 1.93 bits per heavy atom. The lowest BCUT2D eigenvalue weighted by Crippen LogP contribution is -2.49. The maximum absolute atomic E-state index is 12.3. The van der Waals surface area contributed by atoms with Crippen molar-refractivity contribution in [2.45, 2.75) is 17.3 Å². The number of hydrogen-bond donors (Lipinski definition) is 1. The van der Waals surface area contributed by atoms with Gasteiger partial charge in [0.15, 0.2) is 5.50 Å². The fourth-order valence-corrected chi connectivity index (χ4v) is 4.35. The van der Waals surface area contributed by atoms with Crippen LogP contribution in [-0.4, -0.2) is 29.0 Å². The molecule has 0 aliphatic carbocycles. The summed E-state index contributed by atoms with van der Waals surface area (Å²) in [5, 5.41) is 2.31. The summed E-state index contributed by atoms with van der Waals surface area (Å²) in [4.78, 5) is 27.3. The van der Waals surface area contributed by atoms with Gasteiger partial charge in [-0.05, 0) is 31.2 Å². The number of nitrogens with zero attached hydrogens (tertiary/aromatic N) is 2. The van der Waals surface area contributed by atoms with Crippen molar-refractivity contribution in [2.75, 3.05) is 11.5 Å². The van der Waals surface area contributed by atoms with Crippen LogP contribution in [0.4, 0.5) is 5.69 Å². The van der Waals surface area contributed by atoms with Crippen LogP contribution < -0.4 is 10.3 Å². The van der Waals surface area contributed by atoms with Crippen molar-refractivity contribution in [3.05, 3.63) is 65.3 Å². The Morgan fingerprint density at radius 1 is 1.19 bits per heavy atom. The SMILES string of the molecule is CCOC(=O)C(=O)NN1C(c2ccc(Cl)cc2)=CN2c3ccccc3SC12. The average Bonchev–Trinajstić information content (AvgIpc) is 3.19. The first-order valence-corrected chi connectivity index (χ1v) is 9.63. The number of rotatable bonds is 3. The van der Waals surface area contributed by atoms with E-state index in [4.69, 9.17) is 16.3 Å². The standard InChI is InChI=1S/C19H16ClN3O3S/c1-2-26-18(25)17(24)21-23-15(12-7-9-13(20)10-8-12)11-22-14-5-3-4-6-16(14)27-19(22)23/h3-11,19H,2H2,1H3,(H,21,24). The Kier molecular flexibility index (Phi) is 4.72. The summed E-state index contributed by atoms with van der Waals surface area (Å²) in [5.41, 5.74) is 5.14. The number of halogens is 1. The monoisotopic (exact) mass is 401 g/mol. The molecular weight excluding hydrogens is 386 g/mol. The molecule has 0 spiro atoms. The highest BCUT2D eigenvalue weighted by atomic mass is 35.5. The molecule has 1 atom stereocenters. The Hall–Kier alpha value is -2.64. The van der Waals surface area contributed by atoms with E-state index in [0.29, 0.717) is 5.02 Å². The third kappa shape index (κ3) is 3.24. The summed E-state index contributed by atoms with van der Waals surface area (Å²) in [6.07, 6.45) is 1.96. The zero-order valence-electron chi connectivity index (χ0n) is 14.4. The maximum atomic E-state index is 12.3. The number of esters is 1. The van der Waals surface area contributed by atoms with Gasteiger partial charge in [-0.3, -0.25) is 10.2 Å². The van der Waals surface area contributed by atoms with Gasteiger partial charge in [-0.1, -0.05) is 47.6 Å². The van der Waals surface area contributed by atoms with E-state index in [9.17, 15) is 9.59 Å². The molecule has 1 amide bonds. The van der Waals surface area contributed by atoms with E-state index in [0.717, 1.165) is 21.8 Å². The molecule has 0 saturated heterocycles. The number of benzene rings is 2. The van der Waals surface area contributed by atoms with Crippen LogP contribution in [0.25, 0.3) is 5.70 Å². The second kappa shape index (κ2) is 7.17. The highest BCUT2D eigenvalue weighted by molar-refractivity contribution is 8.00. The molecule has 0 fully saturated rings. The molecule has 2 heterocycles. The number of para-hydroxylation sites is 1. The highest BCUT2D eigenvalue weighted by Crippen LogP contribution is 2.49.